The number of nitrogens with one attached hydrogen (secondary N) is 1. The van der Waals surface area contributed by atoms with Crippen molar-refractivity contribution in [1.82, 2.24) is 0 Å². The van der Waals surface area contributed by atoms with Gasteiger partial charge in [0.1, 0.15) is 11.2 Å². The Morgan fingerprint density at radius 2 is 1.87 bits per heavy atom. The predicted octanol–water partition coefficient (Wildman–Crippen LogP) is 3.48. The zero-order chi connectivity index (χ0) is 15.8. The number of esters is 1. The van der Waals surface area contributed by atoms with Crippen molar-refractivity contribution in [3.8, 4) is 0 Å². The van der Waals surface area contributed by atoms with Gasteiger partial charge < -0.3 is 14.5 Å². The third-order valence-electron chi connectivity index (χ3n) is 3.92. The van der Waals surface area contributed by atoms with Gasteiger partial charge in [0, 0.05) is 16.5 Å². The zero-order valence-corrected chi connectivity index (χ0v) is 12.4. The summed E-state index contributed by atoms with van der Waals surface area (Å²) in [6.07, 6.45) is 1.73. The number of rotatable bonds is 4. The minimum absolute atomic E-state index is 0.00329. The first-order valence-corrected chi connectivity index (χ1v) is 7.58. The van der Waals surface area contributed by atoms with E-state index in [1.807, 2.05) is 36.4 Å². The fraction of sp³-hybridized carbons (Fsp3) is 0.222. The van der Waals surface area contributed by atoms with Gasteiger partial charge in [-0.2, -0.15) is 0 Å². The van der Waals surface area contributed by atoms with E-state index in [1.54, 1.807) is 6.07 Å². The maximum atomic E-state index is 11.9. The Labute approximate surface area is 132 Å². The molecule has 23 heavy (non-hydrogen) atoms. The lowest BCUT2D eigenvalue weighted by molar-refractivity contribution is -0.148. The fourth-order valence-electron chi connectivity index (χ4n) is 2.57. The molecule has 1 aliphatic rings. The SMILES string of the molecule is O=C(COC(=O)C1CC1)Nc1ccc2oc3ccccc3c2c1. The molecule has 1 heterocycles. The number of para-hydroxylation sites is 1. The van der Waals surface area contributed by atoms with E-state index >= 15 is 0 Å². The highest BCUT2D eigenvalue weighted by Crippen LogP contribution is 2.31. The molecule has 116 valence electrons. The topological polar surface area (TPSA) is 68.5 Å². The van der Waals surface area contributed by atoms with Crippen LogP contribution in [-0.4, -0.2) is 18.5 Å². The Kier molecular flexibility index (Phi) is 3.26. The molecule has 0 bridgehead atoms. The predicted molar refractivity (Wildman–Crippen MR) is 86.0 cm³/mol. The van der Waals surface area contributed by atoms with E-state index in [1.165, 1.54) is 0 Å². The lowest BCUT2D eigenvalue weighted by Gasteiger charge is -2.06. The third-order valence-corrected chi connectivity index (χ3v) is 3.92. The maximum absolute atomic E-state index is 11.9. The average molecular weight is 309 g/mol. The van der Waals surface area contributed by atoms with Gasteiger partial charge in [0.25, 0.3) is 5.91 Å². The molecule has 0 saturated heterocycles. The van der Waals surface area contributed by atoms with Crippen LogP contribution in [0.4, 0.5) is 5.69 Å². The number of anilines is 1. The second kappa shape index (κ2) is 5.43. The van der Waals surface area contributed by atoms with E-state index < -0.39 is 0 Å². The van der Waals surface area contributed by atoms with Gasteiger partial charge in [0.2, 0.25) is 0 Å². The van der Waals surface area contributed by atoms with E-state index in [0.717, 1.165) is 34.8 Å². The largest absolute Gasteiger partial charge is 0.456 e. The number of ether oxygens (including phenoxy) is 1. The minimum atomic E-state index is -0.342. The fourth-order valence-corrected chi connectivity index (χ4v) is 2.57. The van der Waals surface area contributed by atoms with Gasteiger partial charge in [-0.15, -0.1) is 0 Å². The van der Waals surface area contributed by atoms with Gasteiger partial charge in [0.15, 0.2) is 6.61 Å². The molecule has 1 aromatic heterocycles. The average Bonchev–Trinajstić information content (AvgIpc) is 3.34. The number of carbonyl (C=O) groups excluding carboxylic acids is 2. The Balaban J connectivity index is 1.50. The Hall–Kier alpha value is -2.82. The van der Waals surface area contributed by atoms with Crippen LogP contribution in [0.1, 0.15) is 12.8 Å². The minimum Gasteiger partial charge on any atom is -0.456 e. The molecule has 1 N–H and O–H groups in total. The number of fused-ring (bicyclic) bond motifs is 3. The molecule has 5 nitrogen and oxygen atoms in total. The lowest BCUT2D eigenvalue weighted by atomic mass is 10.1. The van der Waals surface area contributed by atoms with Gasteiger partial charge in [-0.05, 0) is 37.1 Å². The highest BCUT2D eigenvalue weighted by atomic mass is 16.5. The van der Waals surface area contributed by atoms with Crippen molar-refractivity contribution >= 4 is 39.5 Å². The van der Waals surface area contributed by atoms with Crippen molar-refractivity contribution in [3.05, 3.63) is 42.5 Å². The van der Waals surface area contributed by atoms with Crippen molar-refractivity contribution in [1.29, 1.82) is 0 Å². The normalized spacial score (nSPS) is 14.1. The molecule has 0 spiro atoms. The van der Waals surface area contributed by atoms with Gasteiger partial charge in [-0.1, -0.05) is 18.2 Å². The Morgan fingerprint density at radius 1 is 1.09 bits per heavy atom. The molecular weight excluding hydrogens is 294 g/mol. The Morgan fingerprint density at radius 3 is 2.70 bits per heavy atom. The van der Waals surface area contributed by atoms with Gasteiger partial charge >= 0.3 is 5.97 Å². The van der Waals surface area contributed by atoms with Gasteiger partial charge in [-0.3, -0.25) is 9.59 Å². The van der Waals surface area contributed by atoms with Crippen molar-refractivity contribution < 1.29 is 18.7 Å². The summed E-state index contributed by atoms with van der Waals surface area (Å²) in [4.78, 5) is 23.3. The molecule has 4 rings (SSSR count). The standard InChI is InChI=1S/C18H15NO4/c20-17(10-22-18(21)11-5-6-11)19-12-7-8-16-14(9-12)13-3-1-2-4-15(13)23-16/h1-4,7-9,11H,5-6,10H2,(H,19,20). The number of amides is 1. The second-order valence-electron chi connectivity index (χ2n) is 5.74. The quantitative estimate of drug-likeness (QED) is 0.749. The van der Waals surface area contributed by atoms with E-state index in [2.05, 4.69) is 5.32 Å². The van der Waals surface area contributed by atoms with Crippen molar-refractivity contribution in [2.75, 3.05) is 11.9 Å². The number of benzene rings is 2. The summed E-state index contributed by atoms with van der Waals surface area (Å²) in [7, 11) is 0. The van der Waals surface area contributed by atoms with Crippen molar-refractivity contribution in [2.45, 2.75) is 12.8 Å². The highest BCUT2D eigenvalue weighted by molar-refractivity contribution is 6.07. The van der Waals surface area contributed by atoms with Crippen LogP contribution in [0.15, 0.2) is 46.9 Å². The van der Waals surface area contributed by atoms with Gasteiger partial charge in [-0.25, -0.2) is 0 Å². The van der Waals surface area contributed by atoms with Crippen LogP contribution in [0.3, 0.4) is 0 Å². The molecule has 1 saturated carbocycles. The molecule has 1 amide bonds. The number of hydrogen-bond acceptors (Lipinski definition) is 4. The van der Waals surface area contributed by atoms with Crippen LogP contribution in [0.5, 0.6) is 0 Å². The van der Waals surface area contributed by atoms with E-state index in [-0.39, 0.29) is 24.4 Å². The molecule has 2 aromatic carbocycles. The van der Waals surface area contributed by atoms with Gasteiger partial charge in [0.05, 0.1) is 5.92 Å². The van der Waals surface area contributed by atoms with Crippen LogP contribution in [-0.2, 0) is 14.3 Å². The Bertz CT molecular complexity index is 908. The van der Waals surface area contributed by atoms with E-state index in [4.69, 9.17) is 9.15 Å². The summed E-state index contributed by atoms with van der Waals surface area (Å²) in [6.45, 7) is -0.250. The summed E-state index contributed by atoms with van der Waals surface area (Å²) in [5.74, 6) is -0.626. The van der Waals surface area contributed by atoms with E-state index in [9.17, 15) is 9.59 Å². The first kappa shape index (κ1) is 13.8. The summed E-state index contributed by atoms with van der Waals surface area (Å²) in [5.41, 5.74) is 2.23. The molecule has 5 heteroatoms. The molecule has 0 radical (unpaired) electrons. The summed E-state index contributed by atoms with van der Waals surface area (Å²) >= 11 is 0. The summed E-state index contributed by atoms with van der Waals surface area (Å²) in [5, 5.41) is 4.68. The molecule has 0 aliphatic heterocycles. The monoisotopic (exact) mass is 309 g/mol. The molecule has 1 aliphatic carbocycles. The van der Waals surface area contributed by atoms with E-state index in [0.29, 0.717) is 5.69 Å². The van der Waals surface area contributed by atoms with Crippen molar-refractivity contribution in [3.63, 3.8) is 0 Å². The molecule has 1 fully saturated rings. The zero-order valence-electron chi connectivity index (χ0n) is 12.4. The van der Waals surface area contributed by atoms with Crippen LogP contribution < -0.4 is 5.32 Å². The molecule has 3 aromatic rings. The number of hydrogen-bond donors (Lipinski definition) is 1. The summed E-state index contributed by atoms with van der Waals surface area (Å²) < 4.78 is 10.7. The molecule has 0 unspecified atom stereocenters. The number of carbonyl (C=O) groups is 2. The second-order valence-corrected chi connectivity index (χ2v) is 5.74. The van der Waals surface area contributed by atoms with Crippen LogP contribution in [0.25, 0.3) is 21.9 Å². The lowest BCUT2D eigenvalue weighted by Crippen LogP contribution is -2.21. The highest BCUT2D eigenvalue weighted by Gasteiger charge is 2.31. The third kappa shape index (κ3) is 2.77. The summed E-state index contributed by atoms with van der Waals surface area (Å²) in [6, 6.07) is 13.2. The van der Waals surface area contributed by atoms with Crippen LogP contribution in [0, 0.1) is 5.92 Å². The number of furan rings is 1. The van der Waals surface area contributed by atoms with Crippen molar-refractivity contribution in [2.24, 2.45) is 5.92 Å². The maximum Gasteiger partial charge on any atom is 0.309 e. The first-order chi connectivity index (χ1) is 11.2. The smallest absolute Gasteiger partial charge is 0.309 e. The first-order valence-electron chi connectivity index (χ1n) is 7.58. The van der Waals surface area contributed by atoms with Crippen LogP contribution >= 0.6 is 0 Å². The van der Waals surface area contributed by atoms with Crippen LogP contribution in [0.2, 0.25) is 0 Å². The molecular formula is C18H15NO4. The molecule has 0 atom stereocenters.